The molecule has 4 rings (SSSR count). The van der Waals surface area contributed by atoms with Crippen LogP contribution in [0.15, 0.2) is 60.8 Å². The van der Waals surface area contributed by atoms with Gasteiger partial charge in [0.15, 0.2) is 0 Å². The van der Waals surface area contributed by atoms with Gasteiger partial charge in [-0.05, 0) is 36.2 Å². The van der Waals surface area contributed by atoms with E-state index in [4.69, 9.17) is 17.3 Å². The number of halogens is 3. The number of anilines is 1. The summed E-state index contributed by atoms with van der Waals surface area (Å²) < 4.78 is 38.9. The highest BCUT2D eigenvalue weighted by Gasteiger charge is 2.50. The van der Waals surface area contributed by atoms with Gasteiger partial charge >= 0.3 is 6.18 Å². The lowest BCUT2D eigenvalue weighted by atomic mass is 9.98. The maximum atomic E-state index is 13.2. The van der Waals surface area contributed by atoms with Crippen LogP contribution in [-0.4, -0.2) is 52.5 Å². The molecular weight excluding hydrogens is 487 g/mol. The van der Waals surface area contributed by atoms with Gasteiger partial charge in [-0.1, -0.05) is 30.3 Å². The van der Waals surface area contributed by atoms with Crippen LogP contribution in [0.3, 0.4) is 0 Å². The summed E-state index contributed by atoms with van der Waals surface area (Å²) in [4.78, 5) is 30.4. The van der Waals surface area contributed by atoms with Gasteiger partial charge in [0.05, 0.1) is 34.5 Å². The van der Waals surface area contributed by atoms with Crippen molar-refractivity contribution < 1.29 is 22.8 Å². The molecule has 2 unspecified atom stereocenters. The molecule has 9 nitrogen and oxygen atoms in total. The third-order valence-electron chi connectivity index (χ3n) is 6.50. The molecule has 0 radical (unpaired) electrons. The molecule has 4 atom stereocenters. The molecular formula is C25H28F3N7O2. The number of fused-ring (bicyclic) bond motifs is 1. The van der Waals surface area contributed by atoms with Crippen molar-refractivity contribution in [1.82, 2.24) is 15.3 Å². The number of aromatic nitrogens is 1. The summed E-state index contributed by atoms with van der Waals surface area (Å²) in [6.07, 6.45) is -2.88. The first-order valence-electron chi connectivity index (χ1n) is 11.6. The molecule has 196 valence electrons. The lowest BCUT2D eigenvalue weighted by Gasteiger charge is -2.23. The van der Waals surface area contributed by atoms with Crippen LogP contribution in [0, 0.1) is 0 Å². The largest absolute Gasteiger partial charge is 0.416 e. The molecule has 2 heterocycles. The van der Waals surface area contributed by atoms with E-state index >= 15 is 0 Å². The monoisotopic (exact) mass is 515 g/mol. The van der Waals surface area contributed by atoms with E-state index in [-0.39, 0.29) is 19.4 Å². The third-order valence-corrected chi connectivity index (χ3v) is 6.50. The molecule has 8 N–H and O–H groups in total. The molecule has 0 bridgehead atoms. The van der Waals surface area contributed by atoms with Crippen molar-refractivity contribution in [2.24, 2.45) is 17.3 Å². The van der Waals surface area contributed by atoms with E-state index in [0.717, 1.165) is 23.0 Å². The molecule has 37 heavy (non-hydrogen) atoms. The highest BCUT2D eigenvalue weighted by atomic mass is 19.4. The number of carbonyl (C=O) groups excluding carboxylic acids is 2. The zero-order valence-corrected chi connectivity index (χ0v) is 19.8. The van der Waals surface area contributed by atoms with E-state index in [2.05, 4.69) is 15.6 Å². The highest BCUT2D eigenvalue weighted by molar-refractivity contribution is 5.99. The number of nitrogens with one attached hydrogen (secondary N) is 2. The molecule has 2 aromatic carbocycles. The summed E-state index contributed by atoms with van der Waals surface area (Å²) in [7, 11) is 0. The molecule has 12 heteroatoms. The third kappa shape index (κ3) is 6.23. The smallest absolute Gasteiger partial charge is 0.343 e. The zero-order valence-electron chi connectivity index (χ0n) is 19.8. The van der Waals surface area contributed by atoms with Crippen molar-refractivity contribution in [1.29, 1.82) is 0 Å². The predicted molar refractivity (Wildman–Crippen MR) is 133 cm³/mol. The Morgan fingerprint density at radius 3 is 2.41 bits per heavy atom. The summed E-state index contributed by atoms with van der Waals surface area (Å²) in [5.41, 5.74) is 12.0. The number of hydrogen-bond donors (Lipinski definition) is 5. The van der Waals surface area contributed by atoms with Gasteiger partial charge in [-0.25, -0.2) is 5.01 Å². The fourth-order valence-electron chi connectivity index (χ4n) is 4.15. The van der Waals surface area contributed by atoms with E-state index in [1.54, 1.807) is 6.07 Å². The van der Waals surface area contributed by atoms with Gasteiger partial charge < -0.3 is 22.1 Å². The van der Waals surface area contributed by atoms with Gasteiger partial charge in [0.2, 0.25) is 11.8 Å². The van der Waals surface area contributed by atoms with Crippen molar-refractivity contribution >= 4 is 28.4 Å². The second kappa shape index (κ2) is 10.4. The van der Waals surface area contributed by atoms with Crippen LogP contribution in [-0.2, 0) is 22.2 Å². The first kappa shape index (κ1) is 26.5. The molecule has 0 saturated carbocycles. The summed E-state index contributed by atoms with van der Waals surface area (Å²) in [5, 5.41) is 7.66. The van der Waals surface area contributed by atoms with E-state index < -0.39 is 41.2 Å². The van der Waals surface area contributed by atoms with Crippen LogP contribution in [0.4, 0.5) is 18.9 Å². The van der Waals surface area contributed by atoms with Crippen LogP contribution < -0.4 is 27.9 Å². The van der Waals surface area contributed by atoms with E-state index in [9.17, 15) is 22.8 Å². The minimum atomic E-state index is -4.49. The molecule has 1 saturated heterocycles. The summed E-state index contributed by atoms with van der Waals surface area (Å²) in [6, 6.07) is 11.4. The lowest BCUT2D eigenvalue weighted by Crippen LogP contribution is -2.52. The number of amides is 2. The molecule has 1 aromatic heterocycles. The minimum absolute atomic E-state index is 0.0610. The maximum absolute atomic E-state index is 13.2. The Morgan fingerprint density at radius 1 is 1.11 bits per heavy atom. The van der Waals surface area contributed by atoms with Crippen molar-refractivity contribution in [2.75, 3.05) is 18.4 Å². The number of para-hydroxylation sites is 1. The number of hydrogen-bond acceptors (Lipinski definition) is 7. The number of nitrogens with zero attached hydrogens (tertiary/aromatic N) is 2. The van der Waals surface area contributed by atoms with Crippen molar-refractivity contribution in [2.45, 2.75) is 36.6 Å². The average Bonchev–Trinajstić information content (AvgIpc) is 3.51. The predicted octanol–water partition coefficient (Wildman–Crippen LogP) is 1.52. The molecule has 2 amide bonds. The highest BCUT2D eigenvalue weighted by Crippen LogP contribution is 2.31. The van der Waals surface area contributed by atoms with E-state index in [0.29, 0.717) is 17.8 Å². The fraction of sp³-hybridized carbons (Fsp3) is 0.320. The number of pyridine rings is 1. The van der Waals surface area contributed by atoms with Crippen molar-refractivity contribution in [3.63, 3.8) is 0 Å². The Bertz CT molecular complexity index is 1280. The Labute approximate surface area is 211 Å². The SMILES string of the molecule is NCC1(C[C@H](N)C(=O)N[C@H](Cc2ccc(C(F)(F)F)cc2)C(=O)Nc2cnc3ccccc3c2)CN1N. The molecule has 0 spiro atoms. The topological polar surface area (TPSA) is 152 Å². The lowest BCUT2D eigenvalue weighted by molar-refractivity contribution is -0.137. The normalized spacial score (nSPS) is 20.8. The summed E-state index contributed by atoms with van der Waals surface area (Å²) in [6.45, 7) is 0.712. The van der Waals surface area contributed by atoms with Gasteiger partial charge in [0.1, 0.15) is 6.04 Å². The number of hydrazine groups is 1. The number of rotatable bonds is 9. The van der Waals surface area contributed by atoms with Crippen molar-refractivity contribution in [3.05, 3.63) is 71.9 Å². The zero-order chi connectivity index (χ0) is 26.8. The van der Waals surface area contributed by atoms with Gasteiger partial charge in [0, 0.05) is 24.9 Å². The first-order valence-corrected chi connectivity index (χ1v) is 11.6. The standard InChI is InChI=1S/C25H28F3N7O2/c26-25(27,28)17-7-5-15(6-8-17)9-21(34-22(36)19(30)11-24(13-29)14-35(24)31)23(37)33-18-10-16-3-1-2-4-20(16)32-12-18/h1-8,10,12,19,21H,9,11,13-14,29-31H2,(H,33,37)(H,34,36)/t19-,21+,24?,35?/m0/s1. The first-order chi connectivity index (χ1) is 17.5. The average molecular weight is 516 g/mol. The molecule has 0 aliphatic carbocycles. The minimum Gasteiger partial charge on any atom is -0.343 e. The van der Waals surface area contributed by atoms with Gasteiger partial charge in [-0.3, -0.25) is 20.4 Å². The molecule has 1 aliphatic rings. The van der Waals surface area contributed by atoms with Gasteiger partial charge in [0.25, 0.3) is 0 Å². The quantitative estimate of drug-likeness (QED) is 0.214. The van der Waals surface area contributed by atoms with Gasteiger partial charge in [-0.2, -0.15) is 13.2 Å². The van der Waals surface area contributed by atoms with Crippen LogP contribution >= 0.6 is 0 Å². The van der Waals surface area contributed by atoms with Crippen LogP contribution in [0.25, 0.3) is 10.9 Å². The number of nitrogens with two attached hydrogens (primary N) is 3. The number of benzene rings is 2. The van der Waals surface area contributed by atoms with Crippen molar-refractivity contribution in [3.8, 4) is 0 Å². The Morgan fingerprint density at radius 2 is 1.78 bits per heavy atom. The summed E-state index contributed by atoms with van der Waals surface area (Å²) in [5.74, 6) is 4.62. The fourth-order valence-corrected chi connectivity index (χ4v) is 4.15. The van der Waals surface area contributed by atoms with Crippen LogP contribution in [0.2, 0.25) is 0 Å². The number of carbonyl (C=O) groups is 2. The van der Waals surface area contributed by atoms with Gasteiger partial charge in [-0.15, -0.1) is 0 Å². The van der Waals surface area contributed by atoms with E-state index in [1.807, 2.05) is 24.3 Å². The second-order valence-corrected chi connectivity index (χ2v) is 9.23. The Hall–Kier alpha value is -3.58. The van der Waals surface area contributed by atoms with Crippen LogP contribution in [0.5, 0.6) is 0 Å². The molecule has 3 aromatic rings. The van der Waals surface area contributed by atoms with E-state index in [1.165, 1.54) is 23.3 Å². The van der Waals surface area contributed by atoms with Crippen LogP contribution in [0.1, 0.15) is 17.5 Å². The molecule has 1 fully saturated rings. The molecule has 1 aliphatic heterocycles. The Balaban J connectivity index is 1.51. The summed E-state index contributed by atoms with van der Waals surface area (Å²) >= 11 is 0. The Kier molecular flexibility index (Phi) is 7.46. The number of alkyl halides is 3. The maximum Gasteiger partial charge on any atom is 0.416 e. The second-order valence-electron chi connectivity index (χ2n) is 9.23.